The Kier molecular flexibility index (Phi) is 6.34. The second kappa shape index (κ2) is 9.94. The molecule has 3 aliphatic rings. The van der Waals surface area contributed by atoms with E-state index in [0.717, 1.165) is 60.2 Å². The van der Waals surface area contributed by atoms with Gasteiger partial charge in [0, 0.05) is 74.8 Å². The van der Waals surface area contributed by atoms with Crippen molar-refractivity contribution in [1.82, 2.24) is 19.7 Å². The molecule has 2 fully saturated rings. The monoisotopic (exact) mass is 498 g/mol. The van der Waals surface area contributed by atoms with Gasteiger partial charge in [0.1, 0.15) is 5.76 Å². The molecule has 4 heterocycles. The van der Waals surface area contributed by atoms with Crippen LogP contribution in [-0.2, 0) is 11.2 Å². The molecule has 37 heavy (non-hydrogen) atoms. The molecule has 3 aromatic rings. The third kappa shape index (κ3) is 4.69. The maximum Gasteiger partial charge on any atom is 0.289 e. The highest BCUT2D eigenvalue weighted by Gasteiger charge is 2.29. The molecular formula is C29H30N4O4. The lowest BCUT2D eigenvalue weighted by Gasteiger charge is -2.34. The van der Waals surface area contributed by atoms with Crippen LogP contribution in [-0.4, -0.2) is 83.1 Å². The number of fused-ring (bicyclic) bond motifs is 1. The maximum atomic E-state index is 13.5. The number of carbonyl (C=O) groups is 3. The molecule has 0 spiro atoms. The van der Waals surface area contributed by atoms with Crippen LogP contribution in [0.15, 0.2) is 53.2 Å². The van der Waals surface area contributed by atoms with Crippen LogP contribution >= 0.6 is 0 Å². The average molecular weight is 499 g/mol. The van der Waals surface area contributed by atoms with Crippen LogP contribution in [0, 0.1) is 0 Å². The Bertz CT molecular complexity index is 1340. The zero-order chi connectivity index (χ0) is 25.4. The number of aromatic nitrogens is 1. The van der Waals surface area contributed by atoms with Crippen LogP contribution < -0.4 is 0 Å². The number of pyridine rings is 1. The van der Waals surface area contributed by atoms with Gasteiger partial charge < -0.3 is 14.2 Å². The number of aryl methyl sites for hydroxylation is 1. The van der Waals surface area contributed by atoms with Gasteiger partial charge >= 0.3 is 0 Å². The van der Waals surface area contributed by atoms with Crippen LogP contribution in [0.25, 0.3) is 22.5 Å². The molecule has 190 valence electrons. The van der Waals surface area contributed by atoms with E-state index in [1.165, 1.54) is 0 Å². The van der Waals surface area contributed by atoms with E-state index in [4.69, 9.17) is 4.42 Å². The summed E-state index contributed by atoms with van der Waals surface area (Å²) in [5.74, 6) is 1.12. The van der Waals surface area contributed by atoms with Crippen molar-refractivity contribution in [3.05, 3.63) is 65.7 Å². The Labute approximate surface area is 215 Å². The number of nitrogens with zero attached hydrogens (tertiary/aromatic N) is 4. The van der Waals surface area contributed by atoms with Gasteiger partial charge in [0.25, 0.3) is 5.91 Å². The van der Waals surface area contributed by atoms with Crippen molar-refractivity contribution in [1.29, 1.82) is 0 Å². The topological polar surface area (TPSA) is 87.0 Å². The van der Waals surface area contributed by atoms with E-state index in [0.29, 0.717) is 50.7 Å². The summed E-state index contributed by atoms with van der Waals surface area (Å²) < 4.78 is 6.24. The highest BCUT2D eigenvalue weighted by atomic mass is 16.4. The van der Waals surface area contributed by atoms with Crippen LogP contribution in [0.2, 0.25) is 0 Å². The molecule has 0 radical (unpaired) electrons. The van der Waals surface area contributed by atoms with E-state index in [1.54, 1.807) is 17.3 Å². The Balaban J connectivity index is 1.21. The molecule has 2 amide bonds. The summed E-state index contributed by atoms with van der Waals surface area (Å²) in [6.07, 6.45) is 6.88. The number of ketones is 1. The second-order valence-corrected chi connectivity index (χ2v) is 10.0. The standard InChI is InChI=1S/C29H30N4O4/c34-25-6-4-21-17-22(3-5-23(21)25)28-24(20-7-9-30-10-8-20)18-26(37-28)29(36)33-15-13-31(14-16-33)19-27(35)32-11-1-2-12-32/h3,5,7-10,17-18H,1-2,4,6,11-16,19H2. The molecule has 0 unspecified atom stereocenters. The highest BCUT2D eigenvalue weighted by molar-refractivity contribution is 6.01. The predicted octanol–water partition coefficient (Wildman–Crippen LogP) is 3.52. The summed E-state index contributed by atoms with van der Waals surface area (Å²) in [5.41, 5.74) is 4.38. The first kappa shape index (κ1) is 23.6. The number of piperazine rings is 1. The molecule has 1 aliphatic carbocycles. The van der Waals surface area contributed by atoms with Crippen LogP contribution in [0.3, 0.4) is 0 Å². The number of Topliss-reactive ketones (excluding diaryl/α,β-unsaturated/α-hetero) is 1. The van der Waals surface area contributed by atoms with E-state index in [2.05, 4.69) is 9.88 Å². The minimum Gasteiger partial charge on any atom is -0.450 e. The fraction of sp³-hybridized carbons (Fsp3) is 0.379. The Morgan fingerprint density at radius 2 is 1.57 bits per heavy atom. The Morgan fingerprint density at radius 3 is 2.32 bits per heavy atom. The van der Waals surface area contributed by atoms with E-state index >= 15 is 0 Å². The lowest BCUT2D eigenvalue weighted by molar-refractivity contribution is -0.131. The summed E-state index contributed by atoms with van der Waals surface area (Å²) in [4.78, 5) is 48.1. The summed E-state index contributed by atoms with van der Waals surface area (Å²) in [6.45, 7) is 4.56. The smallest absolute Gasteiger partial charge is 0.289 e. The number of carbonyl (C=O) groups excluding carboxylic acids is 3. The Morgan fingerprint density at radius 1 is 0.811 bits per heavy atom. The first-order chi connectivity index (χ1) is 18.1. The van der Waals surface area contributed by atoms with E-state index in [1.807, 2.05) is 41.3 Å². The van der Waals surface area contributed by atoms with Gasteiger partial charge in [-0.05, 0) is 54.7 Å². The minimum absolute atomic E-state index is 0.150. The van der Waals surface area contributed by atoms with Crippen molar-refractivity contribution in [2.24, 2.45) is 0 Å². The van der Waals surface area contributed by atoms with Gasteiger partial charge in [0.15, 0.2) is 11.5 Å². The highest BCUT2D eigenvalue weighted by Crippen LogP contribution is 2.37. The lowest BCUT2D eigenvalue weighted by atomic mass is 9.99. The quantitative estimate of drug-likeness (QED) is 0.535. The average Bonchev–Trinajstić information content (AvgIpc) is 3.70. The van der Waals surface area contributed by atoms with E-state index in [9.17, 15) is 14.4 Å². The number of benzene rings is 1. The van der Waals surface area contributed by atoms with Crippen molar-refractivity contribution >= 4 is 17.6 Å². The summed E-state index contributed by atoms with van der Waals surface area (Å²) in [6, 6.07) is 11.4. The van der Waals surface area contributed by atoms with Crippen LogP contribution in [0.1, 0.15) is 45.7 Å². The van der Waals surface area contributed by atoms with Gasteiger partial charge in [-0.1, -0.05) is 12.1 Å². The summed E-state index contributed by atoms with van der Waals surface area (Å²) in [7, 11) is 0. The van der Waals surface area contributed by atoms with Crippen molar-refractivity contribution < 1.29 is 18.8 Å². The number of amides is 2. The molecule has 2 aromatic heterocycles. The third-order valence-corrected chi connectivity index (χ3v) is 7.70. The molecule has 1 aromatic carbocycles. The number of hydrogen-bond donors (Lipinski definition) is 0. The third-order valence-electron chi connectivity index (χ3n) is 7.70. The fourth-order valence-electron chi connectivity index (χ4n) is 5.58. The van der Waals surface area contributed by atoms with E-state index in [-0.39, 0.29) is 17.6 Å². The fourth-order valence-corrected chi connectivity index (χ4v) is 5.58. The molecule has 6 rings (SSSR count). The van der Waals surface area contributed by atoms with Gasteiger partial charge in [-0.2, -0.15) is 0 Å². The maximum absolute atomic E-state index is 13.5. The molecule has 0 N–H and O–H groups in total. The summed E-state index contributed by atoms with van der Waals surface area (Å²) >= 11 is 0. The molecule has 8 heteroatoms. The minimum atomic E-state index is -0.150. The molecule has 0 saturated carbocycles. The molecule has 2 aliphatic heterocycles. The SMILES string of the molecule is O=C1CCc2cc(-c3oc(C(=O)N4CCN(CC(=O)N5CCCC5)CC4)cc3-c3ccncc3)ccc21. The van der Waals surface area contributed by atoms with Crippen molar-refractivity contribution in [2.45, 2.75) is 25.7 Å². The summed E-state index contributed by atoms with van der Waals surface area (Å²) in [5, 5.41) is 0. The molecule has 0 bridgehead atoms. The zero-order valence-corrected chi connectivity index (χ0v) is 20.8. The number of rotatable bonds is 5. The first-order valence-electron chi connectivity index (χ1n) is 13.1. The van der Waals surface area contributed by atoms with Crippen molar-refractivity contribution in [3.8, 4) is 22.5 Å². The zero-order valence-electron chi connectivity index (χ0n) is 20.8. The molecular weight excluding hydrogens is 468 g/mol. The van der Waals surface area contributed by atoms with Gasteiger partial charge in [-0.3, -0.25) is 24.3 Å². The lowest BCUT2D eigenvalue weighted by Crippen LogP contribution is -2.51. The van der Waals surface area contributed by atoms with Crippen LogP contribution in [0.4, 0.5) is 0 Å². The predicted molar refractivity (Wildman–Crippen MR) is 138 cm³/mol. The molecule has 8 nitrogen and oxygen atoms in total. The first-order valence-corrected chi connectivity index (χ1v) is 13.1. The molecule has 0 atom stereocenters. The number of furan rings is 1. The van der Waals surface area contributed by atoms with Gasteiger partial charge in [-0.25, -0.2) is 0 Å². The normalized spacial score (nSPS) is 17.9. The number of likely N-dealkylation sites (tertiary alicyclic amines) is 1. The number of hydrogen-bond acceptors (Lipinski definition) is 6. The van der Waals surface area contributed by atoms with Gasteiger partial charge in [-0.15, -0.1) is 0 Å². The van der Waals surface area contributed by atoms with E-state index < -0.39 is 0 Å². The second-order valence-electron chi connectivity index (χ2n) is 10.0. The molecule has 2 saturated heterocycles. The largest absolute Gasteiger partial charge is 0.450 e. The van der Waals surface area contributed by atoms with Crippen molar-refractivity contribution in [3.63, 3.8) is 0 Å². The van der Waals surface area contributed by atoms with Gasteiger partial charge in [0.2, 0.25) is 5.91 Å². The Hall–Kier alpha value is -3.78. The van der Waals surface area contributed by atoms with Crippen LogP contribution in [0.5, 0.6) is 0 Å². The van der Waals surface area contributed by atoms with Gasteiger partial charge in [0.05, 0.1) is 6.54 Å². The van der Waals surface area contributed by atoms with Crippen molar-refractivity contribution in [2.75, 3.05) is 45.8 Å².